The molecule has 6 rings (SSSR count). The summed E-state index contributed by atoms with van der Waals surface area (Å²) in [5, 5.41) is 9.02. The third-order valence-electron chi connectivity index (χ3n) is 7.54. The molecule has 40 heavy (non-hydrogen) atoms. The van der Waals surface area contributed by atoms with Gasteiger partial charge in [0.2, 0.25) is 5.91 Å². The Morgan fingerprint density at radius 3 is 2.33 bits per heavy atom. The van der Waals surface area contributed by atoms with Gasteiger partial charge in [0.1, 0.15) is 0 Å². The highest BCUT2D eigenvalue weighted by molar-refractivity contribution is 6.21. The molecule has 0 saturated heterocycles. The predicted molar refractivity (Wildman–Crippen MR) is 147 cm³/mol. The summed E-state index contributed by atoms with van der Waals surface area (Å²) in [6, 6.07) is 16.0. The quantitative estimate of drug-likeness (QED) is 0.480. The Morgan fingerprint density at radius 1 is 0.925 bits per heavy atom. The number of carbonyl (C=O) groups is 4. The van der Waals surface area contributed by atoms with Gasteiger partial charge in [0.15, 0.2) is 0 Å². The molecule has 5 amide bonds. The van der Waals surface area contributed by atoms with Gasteiger partial charge in [-0.1, -0.05) is 31.2 Å². The van der Waals surface area contributed by atoms with Crippen molar-refractivity contribution in [3.05, 3.63) is 94.8 Å². The van der Waals surface area contributed by atoms with Crippen LogP contribution in [0.1, 0.15) is 57.2 Å². The summed E-state index contributed by atoms with van der Waals surface area (Å²) < 4.78 is 0. The van der Waals surface area contributed by atoms with Crippen molar-refractivity contribution < 1.29 is 19.2 Å². The van der Waals surface area contributed by atoms with Crippen LogP contribution in [0.4, 0.5) is 10.5 Å². The molecule has 1 aromatic heterocycles. The molecule has 202 valence electrons. The van der Waals surface area contributed by atoms with Crippen molar-refractivity contribution in [1.29, 1.82) is 0 Å². The number of hydrogen-bond donors (Lipinski definition) is 1. The number of benzene rings is 2. The molecule has 2 aromatic carbocycles. The number of pyridine rings is 1. The molecule has 10 nitrogen and oxygen atoms in total. The van der Waals surface area contributed by atoms with Gasteiger partial charge in [-0.15, -0.1) is 0 Å². The van der Waals surface area contributed by atoms with Gasteiger partial charge in [0.05, 0.1) is 16.8 Å². The number of carbonyl (C=O) groups excluding carboxylic acids is 4. The molecule has 10 heteroatoms. The summed E-state index contributed by atoms with van der Waals surface area (Å²) in [4.78, 5) is 57.8. The Hall–Kier alpha value is -4.86. The fourth-order valence-corrected chi connectivity index (χ4v) is 5.38. The number of amides is 5. The highest BCUT2D eigenvalue weighted by Crippen LogP contribution is 2.26. The summed E-state index contributed by atoms with van der Waals surface area (Å²) in [5.74, 6) is -0.773. The smallest absolute Gasteiger partial charge is 0.316 e. The lowest BCUT2D eigenvalue weighted by Crippen LogP contribution is -2.38. The van der Waals surface area contributed by atoms with Crippen LogP contribution in [0.3, 0.4) is 0 Å². The molecule has 0 bridgehead atoms. The number of aromatic nitrogens is 1. The van der Waals surface area contributed by atoms with Crippen LogP contribution in [-0.2, 0) is 17.9 Å². The molecule has 1 unspecified atom stereocenters. The second-order valence-corrected chi connectivity index (χ2v) is 10.3. The lowest BCUT2D eigenvalue weighted by Gasteiger charge is -2.28. The zero-order valence-electron chi connectivity index (χ0n) is 22.0. The molecule has 0 saturated carbocycles. The first-order chi connectivity index (χ1) is 19.4. The Balaban J connectivity index is 1.08. The molecular weight excluding hydrogens is 508 g/mol. The predicted octanol–water partition coefficient (Wildman–Crippen LogP) is 3.89. The highest BCUT2D eigenvalue weighted by Gasteiger charge is 2.35. The fourth-order valence-electron chi connectivity index (χ4n) is 5.38. The van der Waals surface area contributed by atoms with E-state index in [1.54, 1.807) is 41.6 Å². The fraction of sp³-hybridized carbons (Fsp3) is 0.267. The Bertz CT molecular complexity index is 1490. The summed E-state index contributed by atoms with van der Waals surface area (Å²) in [6.07, 6.45) is 4.26. The van der Waals surface area contributed by atoms with Crippen LogP contribution in [-0.4, -0.2) is 62.3 Å². The number of anilines is 1. The molecule has 1 atom stereocenters. The van der Waals surface area contributed by atoms with Gasteiger partial charge in [-0.05, 0) is 53.4 Å². The van der Waals surface area contributed by atoms with Crippen molar-refractivity contribution in [1.82, 2.24) is 19.8 Å². The normalized spacial score (nSPS) is 18.1. The Morgan fingerprint density at radius 2 is 1.62 bits per heavy atom. The van der Waals surface area contributed by atoms with E-state index in [0.29, 0.717) is 49.3 Å². The maximum absolute atomic E-state index is 12.8. The lowest BCUT2D eigenvalue weighted by molar-refractivity contribution is -0.132. The van der Waals surface area contributed by atoms with Gasteiger partial charge in [0.25, 0.3) is 11.8 Å². The lowest BCUT2D eigenvalue weighted by atomic mass is 9.93. The monoisotopic (exact) mass is 536 g/mol. The number of imide groups is 1. The van der Waals surface area contributed by atoms with E-state index in [2.05, 4.69) is 15.4 Å². The van der Waals surface area contributed by atoms with Gasteiger partial charge in [-0.25, -0.2) is 9.80 Å². The minimum atomic E-state index is -0.304. The summed E-state index contributed by atoms with van der Waals surface area (Å²) in [5.41, 5.74) is 5.30. The molecule has 1 N–H and O–H groups in total. The van der Waals surface area contributed by atoms with E-state index in [1.807, 2.05) is 37.3 Å². The zero-order valence-corrected chi connectivity index (χ0v) is 22.0. The molecule has 3 aliphatic heterocycles. The van der Waals surface area contributed by atoms with Gasteiger partial charge >= 0.3 is 6.03 Å². The summed E-state index contributed by atoms with van der Waals surface area (Å²) in [6.45, 7) is 3.54. The highest BCUT2D eigenvalue weighted by atomic mass is 16.2. The van der Waals surface area contributed by atoms with Gasteiger partial charge < -0.3 is 10.2 Å². The van der Waals surface area contributed by atoms with Gasteiger partial charge in [-0.3, -0.25) is 24.3 Å². The first-order valence-electron chi connectivity index (χ1n) is 13.3. The number of rotatable bonds is 6. The van der Waals surface area contributed by atoms with Crippen LogP contribution < -0.4 is 5.32 Å². The third kappa shape index (κ3) is 4.72. The van der Waals surface area contributed by atoms with Crippen molar-refractivity contribution in [2.45, 2.75) is 32.9 Å². The van der Waals surface area contributed by atoms with E-state index in [-0.39, 0.29) is 36.2 Å². The van der Waals surface area contributed by atoms with Crippen molar-refractivity contribution in [3.63, 3.8) is 0 Å². The number of hydrazone groups is 1. The first-order valence-corrected chi connectivity index (χ1v) is 13.3. The Kier molecular flexibility index (Phi) is 6.59. The average Bonchev–Trinajstić information content (AvgIpc) is 3.50. The minimum absolute atomic E-state index is 0.0721. The van der Waals surface area contributed by atoms with Crippen LogP contribution in [0.2, 0.25) is 0 Å². The SMILES string of the molecule is CC1CC(=O)N(CCCN2C(=O)c3ccccc3C2=O)N=C1c1ccc(NC(=O)N2Cc3ccncc3C2)cc1. The molecule has 0 radical (unpaired) electrons. The molecule has 3 aliphatic rings. The first kappa shape index (κ1) is 25.4. The largest absolute Gasteiger partial charge is 0.322 e. The third-order valence-corrected chi connectivity index (χ3v) is 7.54. The molecule has 0 aliphatic carbocycles. The molecule has 3 aromatic rings. The number of hydrogen-bond acceptors (Lipinski definition) is 6. The van der Waals surface area contributed by atoms with E-state index in [4.69, 9.17) is 0 Å². The van der Waals surface area contributed by atoms with E-state index >= 15 is 0 Å². The molecule has 0 fully saturated rings. The van der Waals surface area contributed by atoms with Crippen LogP contribution in [0, 0.1) is 5.92 Å². The number of urea groups is 1. The van der Waals surface area contributed by atoms with Crippen molar-refractivity contribution >= 4 is 35.2 Å². The van der Waals surface area contributed by atoms with Crippen molar-refractivity contribution in [2.75, 3.05) is 18.4 Å². The van der Waals surface area contributed by atoms with E-state index in [1.165, 1.54) is 9.91 Å². The topological polar surface area (TPSA) is 115 Å². The standard InChI is InChI=1S/C30H28N6O4/c1-19-15-26(37)36(14-4-13-35-28(38)24-5-2-3-6-25(24)29(35)39)33-27(19)20-7-9-23(10-8-20)32-30(40)34-17-21-11-12-31-16-22(21)18-34/h2-3,5-12,16,19H,4,13-15,17-18H2,1H3,(H,32,40). The number of nitrogens with zero attached hydrogens (tertiary/aromatic N) is 5. The minimum Gasteiger partial charge on any atom is -0.316 e. The van der Waals surface area contributed by atoms with Crippen LogP contribution >= 0.6 is 0 Å². The maximum atomic E-state index is 12.8. The second-order valence-electron chi connectivity index (χ2n) is 10.3. The van der Waals surface area contributed by atoms with Crippen molar-refractivity contribution in [2.24, 2.45) is 11.0 Å². The second kappa shape index (κ2) is 10.4. The maximum Gasteiger partial charge on any atom is 0.322 e. The average molecular weight is 537 g/mol. The van der Waals surface area contributed by atoms with Crippen LogP contribution in [0.15, 0.2) is 72.1 Å². The van der Waals surface area contributed by atoms with E-state index in [9.17, 15) is 19.2 Å². The summed E-state index contributed by atoms with van der Waals surface area (Å²) >= 11 is 0. The molecular formula is C30H28N6O4. The summed E-state index contributed by atoms with van der Waals surface area (Å²) in [7, 11) is 0. The van der Waals surface area contributed by atoms with Crippen molar-refractivity contribution in [3.8, 4) is 0 Å². The van der Waals surface area contributed by atoms with Gasteiger partial charge in [0, 0.05) is 56.6 Å². The number of nitrogens with one attached hydrogen (secondary N) is 1. The Labute approximate surface area is 231 Å². The molecule has 0 spiro atoms. The van der Waals surface area contributed by atoms with Crippen LogP contribution in [0.5, 0.6) is 0 Å². The van der Waals surface area contributed by atoms with Gasteiger partial charge in [-0.2, -0.15) is 5.10 Å². The van der Waals surface area contributed by atoms with Crippen LogP contribution in [0.25, 0.3) is 0 Å². The number of fused-ring (bicyclic) bond motifs is 2. The zero-order chi connectivity index (χ0) is 27.8. The molecule has 4 heterocycles. The van der Waals surface area contributed by atoms with E-state index in [0.717, 1.165) is 22.4 Å². The van der Waals surface area contributed by atoms with E-state index < -0.39 is 0 Å².